The van der Waals surface area contributed by atoms with Crippen molar-refractivity contribution in [3.05, 3.63) is 100 Å². The second-order valence-corrected chi connectivity index (χ2v) is 10.8. The molecule has 3 aromatic carbocycles. The number of H-pyrrole nitrogens is 1. The van der Waals surface area contributed by atoms with Crippen LogP contribution >= 0.6 is 23.8 Å². The van der Waals surface area contributed by atoms with Crippen molar-refractivity contribution in [3.63, 3.8) is 0 Å². The van der Waals surface area contributed by atoms with Crippen molar-refractivity contribution in [1.82, 2.24) is 10.3 Å². The van der Waals surface area contributed by atoms with Gasteiger partial charge in [-0.05, 0) is 73.6 Å². The van der Waals surface area contributed by atoms with Crippen molar-refractivity contribution >= 4 is 68.7 Å². The van der Waals surface area contributed by atoms with Gasteiger partial charge in [0.05, 0.1) is 12.3 Å². The number of carbonyl (C=O) groups is 2. The van der Waals surface area contributed by atoms with Crippen molar-refractivity contribution in [2.75, 3.05) is 9.80 Å². The summed E-state index contributed by atoms with van der Waals surface area (Å²) in [6.07, 6.45) is 4.66. The number of aromatic amines is 1. The van der Waals surface area contributed by atoms with Crippen LogP contribution < -0.4 is 15.1 Å². The molecule has 40 heavy (non-hydrogen) atoms. The molecule has 1 aromatic heterocycles. The number of hydrogen-bond acceptors (Lipinski definition) is 3. The average Bonchev–Trinajstić information content (AvgIpc) is 3.67. The van der Waals surface area contributed by atoms with Gasteiger partial charge in [0.1, 0.15) is 11.4 Å². The molecule has 1 aliphatic carbocycles. The molecule has 2 aliphatic rings. The monoisotopic (exact) mass is 571 g/mol. The van der Waals surface area contributed by atoms with Crippen LogP contribution in [0.5, 0.6) is 0 Å². The van der Waals surface area contributed by atoms with E-state index >= 15 is 4.39 Å². The molecule has 10 heteroatoms. The van der Waals surface area contributed by atoms with Crippen molar-refractivity contribution in [1.29, 1.82) is 0 Å². The molecule has 0 atom stereocenters. The molecular formula is C30H23ClFN5O2S. The summed E-state index contributed by atoms with van der Waals surface area (Å²) in [5.41, 5.74) is 2.04. The smallest absolute Gasteiger partial charge is 0.259 e. The molecule has 4 aromatic rings. The van der Waals surface area contributed by atoms with E-state index in [0.717, 1.165) is 23.7 Å². The molecule has 0 radical (unpaired) electrons. The summed E-state index contributed by atoms with van der Waals surface area (Å²) in [5.74, 6) is -0.996. The number of fused-ring (bicyclic) bond motifs is 1. The van der Waals surface area contributed by atoms with Crippen molar-refractivity contribution in [3.8, 4) is 0 Å². The number of halogens is 2. The molecule has 1 aliphatic heterocycles. The van der Waals surface area contributed by atoms with Crippen molar-refractivity contribution < 1.29 is 14.0 Å². The minimum absolute atomic E-state index is 0.00265. The third-order valence-electron chi connectivity index (χ3n) is 7.70. The largest absolute Gasteiger partial charge is 0.361 e. The van der Waals surface area contributed by atoms with Gasteiger partial charge in [-0.25, -0.2) is 9.24 Å². The van der Waals surface area contributed by atoms with Gasteiger partial charge in [0.25, 0.3) is 11.8 Å². The Labute approximate surface area is 240 Å². The number of amides is 2. The molecule has 2 N–H and O–H groups in total. The van der Waals surface area contributed by atoms with Crippen molar-refractivity contribution in [2.45, 2.75) is 37.8 Å². The van der Waals surface area contributed by atoms with Crippen LogP contribution in [0.25, 0.3) is 15.7 Å². The lowest BCUT2D eigenvalue weighted by atomic mass is 9.94. The standard InChI is InChI=1S/C30H23ClFN5O2S/c1-33-26-9-7-21(15-23(26)31)36-28(39)30(11-2-3-12-30)37(29(36)40)22-6-4-20(24(32)16-22)17-35-27(38)19-5-8-25-18(14-19)10-13-34-25/h4-10,13-16,34H,2-3,11-12,17H2,(H,35,38). The first kappa shape index (κ1) is 26.0. The molecule has 7 nitrogen and oxygen atoms in total. The van der Waals surface area contributed by atoms with Crippen LogP contribution in [0, 0.1) is 12.4 Å². The minimum atomic E-state index is -0.916. The molecule has 1 saturated heterocycles. The summed E-state index contributed by atoms with van der Waals surface area (Å²) in [5, 5.41) is 4.17. The lowest BCUT2D eigenvalue weighted by Crippen LogP contribution is -2.47. The number of nitrogens with one attached hydrogen (secondary N) is 2. The first-order valence-corrected chi connectivity index (χ1v) is 13.6. The highest BCUT2D eigenvalue weighted by molar-refractivity contribution is 7.81. The van der Waals surface area contributed by atoms with Crippen molar-refractivity contribution in [2.24, 2.45) is 0 Å². The maximum absolute atomic E-state index is 15.4. The number of rotatable bonds is 5. The third-order valence-corrected chi connectivity index (χ3v) is 8.37. The van der Waals surface area contributed by atoms with E-state index in [1.165, 1.54) is 11.0 Å². The zero-order valence-electron chi connectivity index (χ0n) is 21.2. The third kappa shape index (κ3) is 4.21. The molecule has 1 saturated carbocycles. The fourth-order valence-electron chi connectivity index (χ4n) is 5.67. The molecule has 1 spiro atoms. The number of benzene rings is 3. The van der Waals surface area contributed by atoms with Gasteiger partial charge >= 0.3 is 0 Å². The Morgan fingerprint density at radius 2 is 1.88 bits per heavy atom. The predicted octanol–water partition coefficient (Wildman–Crippen LogP) is 6.89. The van der Waals surface area contributed by atoms with Gasteiger partial charge in [-0.2, -0.15) is 0 Å². The fourth-order valence-corrected chi connectivity index (χ4v) is 6.36. The van der Waals surface area contributed by atoms with E-state index in [9.17, 15) is 9.59 Å². The summed E-state index contributed by atoms with van der Waals surface area (Å²) in [6.45, 7) is 7.25. The number of thiocarbonyl (C=S) groups is 1. The Balaban J connectivity index is 1.26. The van der Waals surface area contributed by atoms with Crippen LogP contribution in [0.3, 0.4) is 0 Å². The summed E-state index contributed by atoms with van der Waals surface area (Å²) in [4.78, 5) is 36.2. The molecule has 2 amide bonds. The summed E-state index contributed by atoms with van der Waals surface area (Å²) < 4.78 is 15.4. The van der Waals surface area contributed by atoms with E-state index in [2.05, 4.69) is 15.1 Å². The lowest BCUT2D eigenvalue weighted by molar-refractivity contribution is -0.121. The first-order chi connectivity index (χ1) is 19.3. The first-order valence-electron chi connectivity index (χ1n) is 12.8. The van der Waals surface area contributed by atoms with Gasteiger partial charge in [0, 0.05) is 45.5 Å². The van der Waals surface area contributed by atoms with Gasteiger partial charge in [-0.1, -0.05) is 36.6 Å². The Bertz CT molecular complexity index is 1740. The summed E-state index contributed by atoms with van der Waals surface area (Å²) >= 11 is 12.1. The van der Waals surface area contributed by atoms with Crippen LogP contribution in [0.15, 0.2) is 66.9 Å². The Morgan fingerprint density at radius 1 is 1.10 bits per heavy atom. The van der Waals surface area contributed by atoms with E-state index in [1.807, 2.05) is 12.1 Å². The highest BCUT2D eigenvalue weighted by Crippen LogP contribution is 2.46. The van der Waals surface area contributed by atoms with E-state index in [-0.39, 0.29) is 34.2 Å². The molecular weight excluding hydrogens is 549 g/mol. The summed E-state index contributed by atoms with van der Waals surface area (Å²) in [6, 6.07) is 16.7. The topological polar surface area (TPSA) is 72.8 Å². The predicted molar refractivity (Wildman–Crippen MR) is 157 cm³/mol. The molecule has 0 unspecified atom stereocenters. The zero-order valence-corrected chi connectivity index (χ0v) is 22.8. The number of anilines is 2. The Morgan fingerprint density at radius 3 is 2.60 bits per heavy atom. The van der Waals surface area contributed by atoms with Gasteiger partial charge in [-0.3, -0.25) is 14.5 Å². The van der Waals surface area contributed by atoms with Gasteiger partial charge in [-0.15, -0.1) is 0 Å². The zero-order chi connectivity index (χ0) is 28.0. The van der Waals surface area contributed by atoms with Crippen LogP contribution in [0.2, 0.25) is 5.02 Å². The number of hydrogen-bond donors (Lipinski definition) is 2. The van der Waals surface area contributed by atoms with Crippen LogP contribution in [0.4, 0.5) is 21.5 Å². The number of aromatic nitrogens is 1. The van der Waals surface area contributed by atoms with E-state index < -0.39 is 11.4 Å². The second-order valence-electron chi connectivity index (χ2n) is 9.98. The van der Waals surface area contributed by atoms with Crippen LogP contribution in [0.1, 0.15) is 41.6 Å². The van der Waals surface area contributed by atoms with E-state index in [4.69, 9.17) is 30.4 Å². The quantitative estimate of drug-likeness (QED) is 0.202. The molecule has 2 fully saturated rings. The molecule has 6 rings (SSSR count). The van der Waals surface area contributed by atoms with Gasteiger partial charge < -0.3 is 15.2 Å². The summed E-state index contributed by atoms with van der Waals surface area (Å²) in [7, 11) is 0. The second kappa shape index (κ2) is 10.0. The maximum atomic E-state index is 15.4. The van der Waals surface area contributed by atoms with E-state index in [0.29, 0.717) is 35.3 Å². The average molecular weight is 572 g/mol. The fraction of sp³-hybridized carbons (Fsp3) is 0.200. The Kier molecular flexibility index (Phi) is 6.53. The van der Waals surface area contributed by atoms with Gasteiger partial charge in [0.15, 0.2) is 5.11 Å². The molecule has 0 bridgehead atoms. The number of nitrogens with zero attached hydrogens (tertiary/aromatic N) is 3. The minimum Gasteiger partial charge on any atom is -0.361 e. The Hall–Kier alpha value is -4.26. The SMILES string of the molecule is [C-]#[N+]c1ccc(N2C(=O)C3(CCCC3)N(c3ccc(CNC(=O)c4ccc5[nH]ccc5c4)c(F)c3)C2=S)cc1Cl. The molecule has 200 valence electrons. The van der Waals surface area contributed by atoms with E-state index in [1.54, 1.807) is 53.6 Å². The molecule has 2 heterocycles. The highest BCUT2D eigenvalue weighted by atomic mass is 35.5. The normalized spacial score (nSPS) is 16.2. The lowest BCUT2D eigenvalue weighted by Gasteiger charge is -2.32. The number of carbonyl (C=O) groups excluding carboxylic acids is 2. The van der Waals surface area contributed by atoms with Crippen LogP contribution in [-0.4, -0.2) is 27.4 Å². The van der Waals surface area contributed by atoms with Gasteiger partial charge in [0.2, 0.25) is 5.69 Å². The highest BCUT2D eigenvalue weighted by Gasteiger charge is 2.57. The maximum Gasteiger partial charge on any atom is 0.259 e. The van der Waals surface area contributed by atoms with Crippen LogP contribution in [-0.2, 0) is 11.3 Å².